The van der Waals surface area contributed by atoms with Crippen LogP contribution >= 0.6 is 46.4 Å². The molecule has 3 N–H and O–H groups in total. The number of anilines is 3. The highest BCUT2D eigenvalue weighted by molar-refractivity contribution is 6.40. The summed E-state index contributed by atoms with van der Waals surface area (Å²) in [5, 5.41) is 4.94. The van der Waals surface area contributed by atoms with Gasteiger partial charge >= 0.3 is 0 Å². The lowest BCUT2D eigenvalue weighted by Crippen LogP contribution is -1.95. The Morgan fingerprint density at radius 2 is 1.44 bits per heavy atom. The number of nitrogens with one attached hydrogen (secondary N) is 1. The average Bonchev–Trinajstić information content (AvgIpc) is 2.28. The summed E-state index contributed by atoms with van der Waals surface area (Å²) in [5.74, 6) is 0. The lowest BCUT2D eigenvalue weighted by molar-refractivity contribution is 1.54. The molecule has 18 heavy (non-hydrogen) atoms. The summed E-state index contributed by atoms with van der Waals surface area (Å²) in [4.78, 5) is 0. The predicted molar refractivity (Wildman–Crippen MR) is 80.6 cm³/mol. The molecule has 0 aliphatic heterocycles. The van der Waals surface area contributed by atoms with E-state index in [9.17, 15) is 0 Å². The fourth-order valence-corrected chi connectivity index (χ4v) is 2.38. The standard InChI is InChI=1S/C12H8Cl4N2/c13-6-1-2-8(14)11(3-6)18-12-9(15)4-7(17)5-10(12)16/h1-5,18H,17H2. The Labute approximate surface area is 125 Å². The maximum absolute atomic E-state index is 6.07. The van der Waals surface area contributed by atoms with Crippen LogP contribution in [0, 0.1) is 0 Å². The van der Waals surface area contributed by atoms with Crippen LogP contribution in [0.5, 0.6) is 0 Å². The first-order valence-corrected chi connectivity index (χ1v) is 6.45. The minimum atomic E-state index is 0.413. The zero-order chi connectivity index (χ0) is 13.3. The summed E-state index contributed by atoms with van der Waals surface area (Å²) in [6.07, 6.45) is 0. The Balaban J connectivity index is 2.43. The van der Waals surface area contributed by atoms with E-state index in [4.69, 9.17) is 52.1 Å². The van der Waals surface area contributed by atoms with Crippen molar-refractivity contribution in [3.8, 4) is 0 Å². The Hall–Kier alpha value is -0.800. The first-order valence-electron chi connectivity index (χ1n) is 4.94. The molecule has 0 bridgehead atoms. The molecule has 0 unspecified atom stereocenters. The van der Waals surface area contributed by atoms with Gasteiger partial charge in [-0.2, -0.15) is 0 Å². The van der Waals surface area contributed by atoms with E-state index in [2.05, 4.69) is 5.32 Å². The van der Waals surface area contributed by atoms with Crippen LogP contribution in [-0.4, -0.2) is 0 Å². The normalized spacial score (nSPS) is 10.4. The van der Waals surface area contributed by atoms with E-state index in [1.54, 1.807) is 30.3 Å². The van der Waals surface area contributed by atoms with Crippen LogP contribution in [-0.2, 0) is 0 Å². The molecule has 6 heteroatoms. The van der Waals surface area contributed by atoms with Gasteiger partial charge in [-0.05, 0) is 30.3 Å². The number of nitrogens with two attached hydrogens (primary N) is 1. The average molecular weight is 322 g/mol. The van der Waals surface area contributed by atoms with Crippen molar-refractivity contribution in [3.63, 3.8) is 0 Å². The van der Waals surface area contributed by atoms with Crippen LogP contribution in [0.3, 0.4) is 0 Å². The van der Waals surface area contributed by atoms with Crippen molar-refractivity contribution in [1.29, 1.82) is 0 Å². The molecule has 2 nitrogen and oxygen atoms in total. The van der Waals surface area contributed by atoms with Crippen molar-refractivity contribution in [2.24, 2.45) is 0 Å². The number of benzene rings is 2. The van der Waals surface area contributed by atoms with Gasteiger partial charge in [0, 0.05) is 10.7 Å². The topological polar surface area (TPSA) is 38.0 Å². The summed E-state index contributed by atoms with van der Waals surface area (Å²) < 4.78 is 0. The molecule has 0 aromatic heterocycles. The molecule has 0 heterocycles. The molecule has 2 aromatic rings. The molecule has 0 saturated heterocycles. The molecule has 0 saturated carbocycles. The highest BCUT2D eigenvalue weighted by atomic mass is 35.5. The van der Waals surface area contributed by atoms with E-state index in [1.165, 1.54) is 0 Å². The maximum atomic E-state index is 6.07. The van der Waals surface area contributed by atoms with Gasteiger partial charge in [0.05, 0.1) is 26.4 Å². The van der Waals surface area contributed by atoms with Crippen molar-refractivity contribution in [3.05, 3.63) is 50.4 Å². The molecule has 0 aliphatic rings. The van der Waals surface area contributed by atoms with Crippen LogP contribution in [0.1, 0.15) is 0 Å². The van der Waals surface area contributed by atoms with Gasteiger partial charge in [0.1, 0.15) is 0 Å². The van der Waals surface area contributed by atoms with Gasteiger partial charge in [-0.25, -0.2) is 0 Å². The third-order valence-corrected chi connectivity index (χ3v) is 3.41. The van der Waals surface area contributed by atoms with Crippen LogP contribution < -0.4 is 11.1 Å². The van der Waals surface area contributed by atoms with Crippen LogP contribution in [0.25, 0.3) is 0 Å². The van der Waals surface area contributed by atoms with Crippen LogP contribution in [0.15, 0.2) is 30.3 Å². The molecule has 0 radical (unpaired) electrons. The summed E-state index contributed by atoms with van der Waals surface area (Å²) in [7, 11) is 0. The van der Waals surface area contributed by atoms with Crippen molar-refractivity contribution in [1.82, 2.24) is 0 Å². The summed E-state index contributed by atoms with van der Waals surface area (Å²) in [6.45, 7) is 0. The fourth-order valence-electron chi connectivity index (χ4n) is 1.44. The third-order valence-electron chi connectivity index (χ3n) is 2.25. The minimum Gasteiger partial charge on any atom is -0.399 e. The Kier molecular flexibility index (Phi) is 4.13. The van der Waals surface area contributed by atoms with Crippen molar-refractivity contribution in [2.75, 3.05) is 11.1 Å². The lowest BCUT2D eigenvalue weighted by atomic mass is 10.2. The SMILES string of the molecule is Nc1cc(Cl)c(Nc2cc(Cl)ccc2Cl)c(Cl)c1. The van der Waals surface area contributed by atoms with Gasteiger partial charge in [0.2, 0.25) is 0 Å². The van der Waals surface area contributed by atoms with E-state index < -0.39 is 0 Å². The fraction of sp³-hybridized carbons (Fsp3) is 0. The molecule has 0 atom stereocenters. The van der Waals surface area contributed by atoms with Gasteiger partial charge < -0.3 is 11.1 Å². The molecule has 0 amide bonds. The summed E-state index contributed by atoms with van der Waals surface area (Å²) in [6, 6.07) is 8.28. The minimum absolute atomic E-state index is 0.413. The second-order valence-electron chi connectivity index (χ2n) is 3.61. The highest BCUT2D eigenvalue weighted by Crippen LogP contribution is 2.37. The van der Waals surface area contributed by atoms with Crippen LogP contribution in [0.4, 0.5) is 17.1 Å². The molecule has 2 aromatic carbocycles. The van der Waals surface area contributed by atoms with Gasteiger partial charge in [0.25, 0.3) is 0 Å². The van der Waals surface area contributed by atoms with E-state index in [1.807, 2.05) is 0 Å². The quantitative estimate of drug-likeness (QED) is 0.704. The molecule has 0 fully saturated rings. The second-order valence-corrected chi connectivity index (χ2v) is 5.27. The molecule has 0 spiro atoms. The molecular formula is C12H8Cl4N2. The van der Waals surface area contributed by atoms with Crippen molar-refractivity contribution in [2.45, 2.75) is 0 Å². The summed E-state index contributed by atoms with van der Waals surface area (Å²) >= 11 is 24.1. The largest absolute Gasteiger partial charge is 0.399 e. The van der Waals surface area contributed by atoms with Gasteiger partial charge in [-0.3, -0.25) is 0 Å². The van der Waals surface area contributed by atoms with Gasteiger partial charge in [0.15, 0.2) is 0 Å². The molecule has 2 rings (SSSR count). The van der Waals surface area contributed by atoms with Crippen molar-refractivity contribution < 1.29 is 0 Å². The Morgan fingerprint density at radius 1 is 0.833 bits per heavy atom. The number of hydrogen-bond donors (Lipinski definition) is 2. The number of halogens is 4. The van der Waals surface area contributed by atoms with E-state index in [0.717, 1.165) is 0 Å². The third kappa shape index (κ3) is 2.96. The lowest BCUT2D eigenvalue weighted by Gasteiger charge is -2.12. The zero-order valence-corrected chi connectivity index (χ0v) is 12.0. The molecule has 0 aliphatic carbocycles. The smallest absolute Gasteiger partial charge is 0.0764 e. The number of rotatable bonds is 2. The Morgan fingerprint density at radius 3 is 2.06 bits per heavy atom. The second kappa shape index (κ2) is 5.45. The first-order chi connectivity index (χ1) is 8.47. The van der Waals surface area contributed by atoms with E-state index in [0.29, 0.717) is 37.2 Å². The first kappa shape index (κ1) is 13.6. The number of hydrogen-bond acceptors (Lipinski definition) is 2. The summed E-state index contributed by atoms with van der Waals surface area (Å²) in [5.41, 5.74) is 7.29. The Bertz CT molecular complexity index is 576. The maximum Gasteiger partial charge on any atom is 0.0764 e. The molecular weight excluding hydrogens is 314 g/mol. The molecule has 94 valence electrons. The zero-order valence-electron chi connectivity index (χ0n) is 8.98. The monoisotopic (exact) mass is 320 g/mol. The predicted octanol–water partition coefficient (Wildman–Crippen LogP) is 5.63. The van der Waals surface area contributed by atoms with Gasteiger partial charge in [-0.1, -0.05) is 46.4 Å². The highest BCUT2D eigenvalue weighted by Gasteiger charge is 2.09. The van der Waals surface area contributed by atoms with Crippen LogP contribution in [0.2, 0.25) is 20.1 Å². The van der Waals surface area contributed by atoms with E-state index >= 15 is 0 Å². The van der Waals surface area contributed by atoms with Gasteiger partial charge in [-0.15, -0.1) is 0 Å². The number of nitrogen functional groups attached to an aromatic ring is 1. The van der Waals surface area contributed by atoms with Crippen molar-refractivity contribution >= 4 is 63.5 Å². The van der Waals surface area contributed by atoms with E-state index in [-0.39, 0.29) is 0 Å².